The second-order valence-corrected chi connectivity index (χ2v) is 2.03. The molecular weight excluding hydrogens is 174 g/mol. The van der Waals surface area contributed by atoms with E-state index in [0.29, 0.717) is 0 Å². The van der Waals surface area contributed by atoms with Crippen LogP contribution in [0, 0.1) is 0 Å². The van der Waals surface area contributed by atoms with Crippen molar-refractivity contribution < 1.29 is 14.3 Å². The Morgan fingerprint density at radius 3 is 2.15 bits per heavy atom. The number of imide groups is 1. The third kappa shape index (κ3) is 3.80. The number of cyclic esters (lactones) is 1. The van der Waals surface area contributed by atoms with Gasteiger partial charge >= 0.3 is 6.09 Å². The second-order valence-electron chi connectivity index (χ2n) is 2.03. The summed E-state index contributed by atoms with van der Waals surface area (Å²) >= 11 is 0. The number of nitrogens with zero attached hydrogens (tertiary/aromatic N) is 2. The Balaban J connectivity index is 0.000000132. The summed E-state index contributed by atoms with van der Waals surface area (Å²) in [7, 11) is 0. The first-order chi connectivity index (χ1) is 6.29. The molecule has 1 aliphatic rings. The van der Waals surface area contributed by atoms with Crippen molar-refractivity contribution in [1.29, 1.82) is 0 Å². The van der Waals surface area contributed by atoms with Gasteiger partial charge in [-0.05, 0) is 6.07 Å². The molecule has 1 N–H and O–H groups in total. The van der Waals surface area contributed by atoms with Gasteiger partial charge in [0.1, 0.15) is 6.33 Å². The molecule has 1 aliphatic heterocycles. The van der Waals surface area contributed by atoms with Crippen molar-refractivity contribution in [3.63, 3.8) is 0 Å². The third-order valence-electron chi connectivity index (χ3n) is 1.05. The molecule has 1 aromatic heterocycles. The van der Waals surface area contributed by atoms with E-state index in [-0.39, 0.29) is 12.5 Å². The van der Waals surface area contributed by atoms with Crippen LogP contribution in [0.1, 0.15) is 0 Å². The molecule has 68 valence electrons. The SMILES string of the molecule is O=C1COC(=O)N1.c1cncnc1. The number of ether oxygens (including phenoxy) is 1. The van der Waals surface area contributed by atoms with Crippen molar-refractivity contribution in [1.82, 2.24) is 15.3 Å². The predicted molar refractivity (Wildman–Crippen MR) is 41.5 cm³/mol. The predicted octanol–water partition coefficient (Wildman–Crippen LogP) is -0.271. The first-order valence-corrected chi connectivity index (χ1v) is 3.45. The van der Waals surface area contributed by atoms with Gasteiger partial charge in [-0.1, -0.05) is 0 Å². The Bertz CT molecular complexity index is 248. The molecule has 2 heterocycles. The average molecular weight is 181 g/mol. The largest absolute Gasteiger partial charge is 0.439 e. The van der Waals surface area contributed by atoms with Crippen LogP contribution in [0.2, 0.25) is 0 Å². The molecule has 0 aromatic carbocycles. The molecule has 6 nitrogen and oxygen atoms in total. The molecular formula is C7H7N3O3. The molecule has 0 aliphatic carbocycles. The highest BCUT2D eigenvalue weighted by atomic mass is 16.6. The first kappa shape index (κ1) is 9.11. The Morgan fingerprint density at radius 2 is 2.00 bits per heavy atom. The zero-order chi connectivity index (χ0) is 9.52. The Kier molecular flexibility index (Phi) is 3.37. The minimum Gasteiger partial charge on any atom is -0.439 e. The van der Waals surface area contributed by atoms with Crippen molar-refractivity contribution in [3.05, 3.63) is 24.8 Å². The fourth-order valence-electron chi connectivity index (χ4n) is 0.570. The number of carbonyl (C=O) groups excluding carboxylic acids is 2. The highest BCUT2D eigenvalue weighted by molar-refractivity contribution is 5.97. The first-order valence-electron chi connectivity index (χ1n) is 3.45. The average Bonchev–Trinajstić information content (AvgIpc) is 2.54. The summed E-state index contributed by atoms with van der Waals surface area (Å²) in [5.41, 5.74) is 0. The molecule has 0 spiro atoms. The van der Waals surface area contributed by atoms with Gasteiger partial charge in [-0.25, -0.2) is 14.8 Å². The van der Waals surface area contributed by atoms with Gasteiger partial charge in [0.2, 0.25) is 0 Å². The molecule has 0 bridgehead atoms. The van der Waals surface area contributed by atoms with E-state index in [2.05, 4.69) is 14.7 Å². The van der Waals surface area contributed by atoms with Gasteiger partial charge in [0.25, 0.3) is 5.91 Å². The lowest BCUT2D eigenvalue weighted by molar-refractivity contribution is -0.119. The van der Waals surface area contributed by atoms with Crippen molar-refractivity contribution in [3.8, 4) is 0 Å². The summed E-state index contributed by atoms with van der Waals surface area (Å²) in [4.78, 5) is 27.2. The van der Waals surface area contributed by atoms with Crippen LogP contribution in [0.4, 0.5) is 4.79 Å². The summed E-state index contributed by atoms with van der Waals surface area (Å²) in [6, 6.07) is 1.78. The van der Waals surface area contributed by atoms with Crippen LogP contribution in [0.25, 0.3) is 0 Å². The van der Waals surface area contributed by atoms with Crippen LogP contribution in [0.5, 0.6) is 0 Å². The van der Waals surface area contributed by atoms with Gasteiger partial charge in [-0.3, -0.25) is 10.1 Å². The fourth-order valence-corrected chi connectivity index (χ4v) is 0.570. The lowest BCUT2D eigenvalue weighted by Gasteiger charge is -1.78. The quantitative estimate of drug-likeness (QED) is 0.595. The molecule has 6 heteroatoms. The van der Waals surface area contributed by atoms with E-state index in [1.165, 1.54) is 6.33 Å². The van der Waals surface area contributed by atoms with Crippen LogP contribution >= 0.6 is 0 Å². The normalized spacial score (nSPS) is 13.8. The summed E-state index contributed by atoms with van der Waals surface area (Å²) in [6.07, 6.45) is 4.23. The Hall–Kier alpha value is -1.98. The van der Waals surface area contributed by atoms with E-state index in [0.717, 1.165) is 0 Å². The zero-order valence-corrected chi connectivity index (χ0v) is 6.64. The van der Waals surface area contributed by atoms with Crippen LogP contribution in [-0.4, -0.2) is 28.6 Å². The van der Waals surface area contributed by atoms with E-state index in [9.17, 15) is 9.59 Å². The number of amides is 2. The number of nitrogens with one attached hydrogen (secondary N) is 1. The van der Waals surface area contributed by atoms with Gasteiger partial charge in [0.05, 0.1) is 0 Å². The lowest BCUT2D eigenvalue weighted by Crippen LogP contribution is -2.18. The number of carbonyl (C=O) groups is 2. The molecule has 0 saturated carbocycles. The van der Waals surface area contributed by atoms with Crippen molar-refractivity contribution >= 4 is 12.0 Å². The van der Waals surface area contributed by atoms with Gasteiger partial charge in [0, 0.05) is 12.4 Å². The molecule has 0 atom stereocenters. The standard InChI is InChI=1S/C4H4N2.C3H3NO3/c1-2-5-4-6-3-1;5-2-1-7-3(6)4-2/h1-4H;1H2,(H,4,5,6). The van der Waals surface area contributed by atoms with E-state index < -0.39 is 6.09 Å². The highest BCUT2D eigenvalue weighted by Gasteiger charge is 2.17. The van der Waals surface area contributed by atoms with Crippen LogP contribution < -0.4 is 5.32 Å². The topological polar surface area (TPSA) is 81.2 Å². The minimum absolute atomic E-state index is 0.126. The van der Waals surface area contributed by atoms with Crippen LogP contribution in [0.3, 0.4) is 0 Å². The van der Waals surface area contributed by atoms with E-state index >= 15 is 0 Å². The third-order valence-corrected chi connectivity index (χ3v) is 1.05. The monoisotopic (exact) mass is 181 g/mol. The summed E-state index contributed by atoms with van der Waals surface area (Å²) in [5.74, 6) is -0.370. The molecule has 2 amide bonds. The molecule has 1 saturated heterocycles. The van der Waals surface area contributed by atoms with Crippen LogP contribution in [0.15, 0.2) is 24.8 Å². The lowest BCUT2D eigenvalue weighted by atomic mass is 10.7. The number of aromatic nitrogens is 2. The van der Waals surface area contributed by atoms with Crippen molar-refractivity contribution in [2.45, 2.75) is 0 Å². The Morgan fingerprint density at radius 1 is 1.31 bits per heavy atom. The van der Waals surface area contributed by atoms with E-state index in [1.807, 2.05) is 5.32 Å². The van der Waals surface area contributed by atoms with E-state index in [4.69, 9.17) is 0 Å². The molecule has 13 heavy (non-hydrogen) atoms. The number of rotatable bonds is 0. The fraction of sp³-hybridized carbons (Fsp3) is 0.143. The summed E-state index contributed by atoms with van der Waals surface area (Å²) < 4.78 is 4.17. The zero-order valence-electron chi connectivity index (χ0n) is 6.64. The maximum absolute atomic E-state index is 10.00. The highest BCUT2D eigenvalue weighted by Crippen LogP contribution is 1.85. The molecule has 0 radical (unpaired) electrons. The molecule has 1 aromatic rings. The molecule has 1 fully saturated rings. The minimum atomic E-state index is -0.648. The van der Waals surface area contributed by atoms with Gasteiger partial charge in [0.15, 0.2) is 6.61 Å². The maximum Gasteiger partial charge on any atom is 0.414 e. The van der Waals surface area contributed by atoms with Crippen molar-refractivity contribution in [2.75, 3.05) is 6.61 Å². The summed E-state index contributed by atoms with van der Waals surface area (Å²) in [6.45, 7) is -0.126. The molecule has 0 unspecified atom stereocenters. The summed E-state index contributed by atoms with van der Waals surface area (Å²) in [5, 5.41) is 1.92. The second kappa shape index (κ2) is 4.81. The maximum atomic E-state index is 10.00. The van der Waals surface area contributed by atoms with Crippen molar-refractivity contribution in [2.24, 2.45) is 0 Å². The molecule has 2 rings (SSSR count). The van der Waals surface area contributed by atoms with Gasteiger partial charge in [-0.15, -0.1) is 0 Å². The van der Waals surface area contributed by atoms with E-state index in [1.54, 1.807) is 18.5 Å². The van der Waals surface area contributed by atoms with Gasteiger partial charge < -0.3 is 4.74 Å². The number of alkyl carbamates (subject to hydrolysis) is 1. The van der Waals surface area contributed by atoms with Gasteiger partial charge in [-0.2, -0.15) is 0 Å². The number of hydrogen-bond donors (Lipinski definition) is 1. The smallest absolute Gasteiger partial charge is 0.414 e. The Labute approximate surface area is 74.0 Å². The van der Waals surface area contributed by atoms with Crippen LogP contribution in [-0.2, 0) is 9.53 Å². The number of hydrogen-bond acceptors (Lipinski definition) is 5.